The normalized spacial score (nSPS) is 18.2. The van der Waals surface area contributed by atoms with Gasteiger partial charge in [-0.3, -0.25) is 0 Å². The van der Waals surface area contributed by atoms with Crippen LogP contribution in [0.2, 0.25) is 0 Å². The molecule has 0 bridgehead atoms. The van der Waals surface area contributed by atoms with Gasteiger partial charge in [-0.15, -0.1) is 0 Å². The third-order valence-electron chi connectivity index (χ3n) is 4.56. The molecule has 2 aliphatic rings. The summed E-state index contributed by atoms with van der Waals surface area (Å²) in [6.45, 7) is 4.53. The molecular formula is C18H17Cl2HfN3. The molecule has 6 heteroatoms. The van der Waals surface area contributed by atoms with Crippen LogP contribution in [0.5, 0.6) is 0 Å². The van der Waals surface area contributed by atoms with Crippen LogP contribution in [0.1, 0.15) is 35.1 Å². The van der Waals surface area contributed by atoms with Crippen LogP contribution in [0.3, 0.4) is 0 Å². The maximum absolute atomic E-state index is 4.38. The Balaban J connectivity index is 0.00000104. The smallest absolute Gasteiger partial charge is 1.00 e. The molecule has 3 nitrogen and oxygen atoms in total. The minimum absolute atomic E-state index is 0. The molecule has 0 saturated heterocycles. The molecule has 2 aliphatic carbocycles. The molecule has 0 radical (unpaired) electrons. The van der Waals surface area contributed by atoms with Crippen LogP contribution in [0.4, 0.5) is 0 Å². The largest absolute Gasteiger partial charge is 1.00 e. The molecule has 0 aliphatic heterocycles. The fraction of sp³-hybridized carbons (Fsp3) is 0.222. The van der Waals surface area contributed by atoms with Crippen molar-refractivity contribution < 1.29 is 47.7 Å². The average molecular weight is 525 g/mol. The van der Waals surface area contributed by atoms with E-state index < -0.39 is 22.9 Å². The molecule has 1 aromatic heterocycles. The van der Waals surface area contributed by atoms with Crippen molar-refractivity contribution in [1.82, 2.24) is 14.8 Å². The second-order valence-corrected chi connectivity index (χ2v) is 11.1. The van der Waals surface area contributed by atoms with Crippen LogP contribution >= 0.6 is 0 Å². The number of hydrogen-bond acceptors (Lipinski definition) is 2. The molecule has 0 amide bonds. The first-order valence-electron chi connectivity index (χ1n) is 7.53. The summed E-state index contributed by atoms with van der Waals surface area (Å²) in [4.78, 5) is 4.13. The summed E-state index contributed by atoms with van der Waals surface area (Å²) in [5.41, 5.74) is 7.17. The molecule has 1 aromatic carbocycles. The Morgan fingerprint density at radius 3 is 2.62 bits per heavy atom. The average Bonchev–Trinajstić information content (AvgIpc) is 3.23. The Labute approximate surface area is 166 Å². The van der Waals surface area contributed by atoms with Crippen LogP contribution < -0.4 is 24.8 Å². The van der Waals surface area contributed by atoms with Crippen LogP contribution in [-0.4, -0.2) is 14.8 Å². The van der Waals surface area contributed by atoms with Gasteiger partial charge in [0.25, 0.3) is 0 Å². The number of fused-ring (bicyclic) bond motifs is 1. The summed E-state index contributed by atoms with van der Waals surface area (Å²) >= 11 is -1.02. The maximum atomic E-state index is 4.38. The molecule has 2 aromatic rings. The minimum Gasteiger partial charge on any atom is -1.00 e. The standard InChI is InChI=1S/C11H8N3.C7H9.2ClH.Hf/c1-2-4-10-6-11(5-9(10)3-1)14-8-12-7-13-14;1-6-4-3-5-7(6)2;;;/h1-8H;4H,3H2,1-2H3;2*1H;/q;;;;+2/p-2. The molecule has 1 atom stereocenters. The van der Waals surface area contributed by atoms with E-state index in [9.17, 15) is 0 Å². The maximum Gasteiger partial charge on any atom is -1.00 e. The molecular weight excluding hydrogens is 508 g/mol. The summed E-state index contributed by atoms with van der Waals surface area (Å²) in [5.74, 6) is 0. The van der Waals surface area contributed by atoms with Crippen molar-refractivity contribution >= 4 is 11.8 Å². The zero-order chi connectivity index (χ0) is 15.1. The van der Waals surface area contributed by atoms with E-state index in [1.807, 2.05) is 11.0 Å². The zero-order valence-corrected chi connectivity index (χ0v) is 18.6. The number of halogens is 2. The van der Waals surface area contributed by atoms with Gasteiger partial charge in [-0.2, -0.15) is 0 Å². The van der Waals surface area contributed by atoms with Crippen molar-refractivity contribution in [2.45, 2.75) is 23.9 Å². The summed E-state index contributed by atoms with van der Waals surface area (Å²) in [5, 5.41) is 4.38. The van der Waals surface area contributed by atoms with E-state index in [0.717, 1.165) is 0 Å². The van der Waals surface area contributed by atoms with Gasteiger partial charge in [-0.1, -0.05) is 0 Å². The van der Waals surface area contributed by atoms with E-state index in [0.29, 0.717) is 3.67 Å². The van der Waals surface area contributed by atoms with Gasteiger partial charge >= 0.3 is 142 Å². The minimum atomic E-state index is -1.02. The second-order valence-electron chi connectivity index (χ2n) is 5.81. The van der Waals surface area contributed by atoms with Gasteiger partial charge in [0.2, 0.25) is 0 Å². The molecule has 0 spiro atoms. The summed E-state index contributed by atoms with van der Waals surface area (Å²) in [6.07, 6.45) is 9.31. The number of hydrogen-bond donors (Lipinski definition) is 0. The predicted octanol–water partition coefficient (Wildman–Crippen LogP) is -1.95. The van der Waals surface area contributed by atoms with Crippen LogP contribution in [0, 0.1) is 0 Å². The van der Waals surface area contributed by atoms with Crippen LogP contribution in [0.25, 0.3) is 11.8 Å². The van der Waals surface area contributed by atoms with E-state index in [2.05, 4.69) is 60.3 Å². The summed E-state index contributed by atoms with van der Waals surface area (Å²) < 4.78 is 4.26. The van der Waals surface area contributed by atoms with Gasteiger partial charge in [0.1, 0.15) is 0 Å². The molecule has 0 fully saturated rings. The first-order chi connectivity index (χ1) is 10.7. The van der Waals surface area contributed by atoms with Gasteiger partial charge in [0.15, 0.2) is 0 Å². The van der Waals surface area contributed by atoms with Gasteiger partial charge in [-0.25, -0.2) is 0 Å². The Bertz CT molecular complexity index is 823. The monoisotopic (exact) mass is 525 g/mol. The van der Waals surface area contributed by atoms with Gasteiger partial charge < -0.3 is 24.8 Å². The molecule has 1 unspecified atom stereocenters. The third kappa shape index (κ3) is 3.37. The van der Waals surface area contributed by atoms with E-state index in [4.69, 9.17) is 0 Å². The van der Waals surface area contributed by atoms with Gasteiger partial charge in [0, 0.05) is 0 Å². The van der Waals surface area contributed by atoms with Crippen LogP contribution in [0.15, 0.2) is 57.5 Å². The van der Waals surface area contributed by atoms with E-state index in [-0.39, 0.29) is 24.8 Å². The second kappa shape index (κ2) is 7.94. The fourth-order valence-electron chi connectivity index (χ4n) is 3.14. The molecule has 1 heterocycles. The Kier molecular flexibility index (Phi) is 6.40. The van der Waals surface area contributed by atoms with E-state index >= 15 is 0 Å². The molecule has 0 N–H and O–H groups in total. The number of nitrogens with zero attached hydrogens (tertiary/aromatic N) is 3. The van der Waals surface area contributed by atoms with E-state index in [1.165, 1.54) is 28.8 Å². The summed E-state index contributed by atoms with van der Waals surface area (Å²) in [6, 6.07) is 8.79. The SMILES string of the molecule is CC1=CC[C]([Hf+2][CH]2C(n3cncn3)=Cc3ccccc32)=C1C.[Cl-].[Cl-]. The van der Waals surface area contributed by atoms with Crippen molar-refractivity contribution in [3.8, 4) is 0 Å². The first kappa shape index (κ1) is 19.4. The number of benzene rings is 1. The molecule has 0 saturated carbocycles. The van der Waals surface area contributed by atoms with Crippen molar-refractivity contribution in [2.24, 2.45) is 0 Å². The Hall–Kier alpha value is -0.970. The summed E-state index contributed by atoms with van der Waals surface area (Å²) in [7, 11) is 0. The van der Waals surface area contributed by atoms with E-state index in [1.54, 1.807) is 15.2 Å². The van der Waals surface area contributed by atoms with Crippen LogP contribution in [-0.2, 0) is 22.9 Å². The van der Waals surface area contributed by atoms with Crippen molar-refractivity contribution in [3.63, 3.8) is 0 Å². The van der Waals surface area contributed by atoms with Crippen molar-refractivity contribution in [1.29, 1.82) is 0 Å². The number of rotatable bonds is 3. The topological polar surface area (TPSA) is 30.7 Å². The predicted molar refractivity (Wildman–Crippen MR) is 84.4 cm³/mol. The quantitative estimate of drug-likeness (QED) is 0.437. The van der Waals surface area contributed by atoms with Crippen molar-refractivity contribution in [2.75, 3.05) is 0 Å². The van der Waals surface area contributed by atoms with Gasteiger partial charge in [-0.05, 0) is 0 Å². The van der Waals surface area contributed by atoms with Crippen molar-refractivity contribution in [3.05, 3.63) is 68.6 Å². The fourth-order valence-corrected chi connectivity index (χ4v) is 9.48. The van der Waals surface area contributed by atoms with Gasteiger partial charge in [0.05, 0.1) is 0 Å². The third-order valence-corrected chi connectivity index (χ3v) is 11.1. The number of aromatic nitrogens is 3. The number of allylic oxidation sites excluding steroid dienone is 5. The molecule has 4 rings (SSSR count). The Morgan fingerprint density at radius 1 is 1.17 bits per heavy atom. The molecule has 122 valence electrons. The zero-order valence-electron chi connectivity index (χ0n) is 13.5. The Morgan fingerprint density at radius 2 is 1.96 bits per heavy atom. The molecule has 24 heavy (non-hydrogen) atoms. The first-order valence-corrected chi connectivity index (χ1v) is 11.4.